The number of amides is 3. The SMILES string of the molecule is CC(C)C(CBr)CN1C(=O)NC2(CCCC2)C1=O. The number of nitrogens with zero attached hydrogens (tertiary/aromatic N) is 1. The summed E-state index contributed by atoms with van der Waals surface area (Å²) in [5.41, 5.74) is -0.565. The number of hydrogen-bond acceptors (Lipinski definition) is 2. The van der Waals surface area contributed by atoms with E-state index in [-0.39, 0.29) is 11.9 Å². The maximum Gasteiger partial charge on any atom is 0.325 e. The molecule has 1 aliphatic heterocycles. The molecule has 1 aliphatic carbocycles. The van der Waals surface area contributed by atoms with Gasteiger partial charge in [-0.3, -0.25) is 9.69 Å². The van der Waals surface area contributed by atoms with Crippen LogP contribution in [-0.2, 0) is 4.79 Å². The molecule has 1 spiro atoms. The maximum atomic E-state index is 12.4. The Kier molecular flexibility index (Phi) is 3.99. The summed E-state index contributed by atoms with van der Waals surface area (Å²) in [7, 11) is 0. The van der Waals surface area contributed by atoms with E-state index in [9.17, 15) is 9.59 Å². The fraction of sp³-hybridized carbons (Fsp3) is 0.846. The molecular formula is C13H21BrN2O2. The molecule has 1 unspecified atom stereocenters. The zero-order valence-corrected chi connectivity index (χ0v) is 12.6. The molecule has 1 heterocycles. The first-order valence-corrected chi connectivity index (χ1v) is 7.82. The van der Waals surface area contributed by atoms with Gasteiger partial charge >= 0.3 is 6.03 Å². The van der Waals surface area contributed by atoms with E-state index in [4.69, 9.17) is 0 Å². The summed E-state index contributed by atoms with van der Waals surface area (Å²) in [6.45, 7) is 4.76. The van der Waals surface area contributed by atoms with Crippen LogP contribution >= 0.6 is 15.9 Å². The second-order valence-electron chi connectivity index (χ2n) is 5.79. The number of halogens is 1. The molecule has 5 heteroatoms. The minimum Gasteiger partial charge on any atom is -0.323 e. The van der Waals surface area contributed by atoms with Gasteiger partial charge in [0.1, 0.15) is 5.54 Å². The van der Waals surface area contributed by atoms with Crippen molar-refractivity contribution >= 4 is 27.9 Å². The number of urea groups is 1. The zero-order chi connectivity index (χ0) is 13.3. The van der Waals surface area contributed by atoms with E-state index < -0.39 is 5.54 Å². The first-order valence-electron chi connectivity index (χ1n) is 6.70. The molecule has 4 nitrogen and oxygen atoms in total. The lowest BCUT2D eigenvalue weighted by atomic mass is 9.95. The highest BCUT2D eigenvalue weighted by Crippen LogP contribution is 2.35. The molecule has 1 N–H and O–H groups in total. The third kappa shape index (κ3) is 2.29. The molecule has 1 saturated carbocycles. The summed E-state index contributed by atoms with van der Waals surface area (Å²) in [5, 5.41) is 3.73. The molecule has 0 bridgehead atoms. The molecule has 18 heavy (non-hydrogen) atoms. The van der Waals surface area contributed by atoms with Gasteiger partial charge in [-0.25, -0.2) is 4.79 Å². The van der Waals surface area contributed by atoms with E-state index in [0.29, 0.717) is 18.4 Å². The number of carbonyl (C=O) groups is 2. The van der Waals surface area contributed by atoms with Crippen molar-refractivity contribution in [2.75, 3.05) is 11.9 Å². The summed E-state index contributed by atoms with van der Waals surface area (Å²) >= 11 is 3.47. The average molecular weight is 317 g/mol. The third-order valence-corrected chi connectivity index (χ3v) is 5.09. The first-order chi connectivity index (χ1) is 8.50. The average Bonchev–Trinajstić information content (AvgIpc) is 2.86. The molecule has 0 aromatic carbocycles. The Labute approximate surface area is 117 Å². The van der Waals surface area contributed by atoms with Crippen LogP contribution in [0.3, 0.4) is 0 Å². The Morgan fingerprint density at radius 2 is 1.94 bits per heavy atom. The van der Waals surface area contributed by atoms with Crippen molar-refractivity contribution in [3.8, 4) is 0 Å². The van der Waals surface area contributed by atoms with Crippen molar-refractivity contribution in [3.05, 3.63) is 0 Å². The van der Waals surface area contributed by atoms with E-state index in [1.54, 1.807) is 0 Å². The van der Waals surface area contributed by atoms with Gasteiger partial charge < -0.3 is 5.32 Å². The molecule has 0 radical (unpaired) electrons. The van der Waals surface area contributed by atoms with E-state index in [0.717, 1.165) is 31.0 Å². The number of imide groups is 1. The maximum absolute atomic E-state index is 12.4. The monoisotopic (exact) mass is 316 g/mol. The van der Waals surface area contributed by atoms with Gasteiger partial charge in [-0.15, -0.1) is 0 Å². The fourth-order valence-electron chi connectivity index (χ4n) is 2.83. The number of nitrogens with one attached hydrogen (secondary N) is 1. The van der Waals surface area contributed by atoms with Crippen LogP contribution in [0.1, 0.15) is 39.5 Å². The van der Waals surface area contributed by atoms with Gasteiger partial charge in [0.2, 0.25) is 0 Å². The van der Waals surface area contributed by atoms with Gasteiger partial charge in [-0.2, -0.15) is 0 Å². The van der Waals surface area contributed by atoms with E-state index in [1.165, 1.54) is 4.90 Å². The molecule has 2 aliphatic rings. The molecule has 0 aromatic rings. The predicted molar refractivity (Wildman–Crippen MR) is 73.6 cm³/mol. The minimum atomic E-state index is -0.565. The van der Waals surface area contributed by atoms with Crippen molar-refractivity contribution < 1.29 is 9.59 Å². The lowest BCUT2D eigenvalue weighted by Gasteiger charge is -2.24. The van der Waals surface area contributed by atoms with Gasteiger partial charge in [0.15, 0.2) is 0 Å². The molecule has 3 amide bonds. The second kappa shape index (κ2) is 5.19. The summed E-state index contributed by atoms with van der Waals surface area (Å²) in [6.07, 6.45) is 3.67. The minimum absolute atomic E-state index is 0.00315. The standard InChI is InChI=1S/C13H21BrN2O2/c1-9(2)10(7-14)8-16-11(17)13(15-12(16)18)5-3-4-6-13/h9-10H,3-8H2,1-2H3,(H,15,18). The highest BCUT2D eigenvalue weighted by Gasteiger charge is 2.52. The Balaban J connectivity index is 2.09. The van der Waals surface area contributed by atoms with Gasteiger partial charge in [-0.1, -0.05) is 42.6 Å². The van der Waals surface area contributed by atoms with Crippen molar-refractivity contribution in [1.82, 2.24) is 10.2 Å². The quantitative estimate of drug-likeness (QED) is 0.640. The van der Waals surface area contributed by atoms with Crippen LogP contribution in [0.15, 0.2) is 0 Å². The number of carbonyl (C=O) groups excluding carboxylic acids is 2. The Morgan fingerprint density at radius 1 is 1.33 bits per heavy atom. The Morgan fingerprint density at radius 3 is 2.44 bits per heavy atom. The van der Waals surface area contributed by atoms with Crippen LogP contribution in [0.2, 0.25) is 0 Å². The van der Waals surface area contributed by atoms with Crippen molar-refractivity contribution in [2.45, 2.75) is 45.1 Å². The molecule has 2 rings (SSSR count). The summed E-state index contributed by atoms with van der Waals surface area (Å²) in [5.74, 6) is 0.762. The number of hydrogen-bond donors (Lipinski definition) is 1. The topological polar surface area (TPSA) is 49.4 Å². The van der Waals surface area contributed by atoms with E-state index >= 15 is 0 Å². The van der Waals surface area contributed by atoms with Gasteiger partial charge in [0, 0.05) is 11.9 Å². The van der Waals surface area contributed by atoms with Crippen LogP contribution in [-0.4, -0.2) is 34.3 Å². The highest BCUT2D eigenvalue weighted by atomic mass is 79.9. The van der Waals surface area contributed by atoms with Gasteiger partial charge in [0.25, 0.3) is 5.91 Å². The van der Waals surface area contributed by atoms with E-state index in [2.05, 4.69) is 35.1 Å². The first kappa shape index (κ1) is 13.8. The molecule has 1 atom stereocenters. The van der Waals surface area contributed by atoms with Crippen LogP contribution in [0.25, 0.3) is 0 Å². The van der Waals surface area contributed by atoms with Crippen molar-refractivity contribution in [1.29, 1.82) is 0 Å². The summed E-state index contributed by atoms with van der Waals surface area (Å²) in [4.78, 5) is 25.9. The van der Waals surface area contributed by atoms with Crippen LogP contribution in [0, 0.1) is 11.8 Å². The lowest BCUT2D eigenvalue weighted by molar-refractivity contribution is -0.131. The second-order valence-corrected chi connectivity index (χ2v) is 6.44. The van der Waals surface area contributed by atoms with Crippen LogP contribution in [0.5, 0.6) is 0 Å². The largest absolute Gasteiger partial charge is 0.325 e. The third-order valence-electron chi connectivity index (χ3n) is 4.26. The summed E-state index contributed by atoms with van der Waals surface area (Å²) in [6, 6.07) is -0.200. The lowest BCUT2D eigenvalue weighted by Crippen LogP contribution is -2.44. The highest BCUT2D eigenvalue weighted by molar-refractivity contribution is 9.09. The van der Waals surface area contributed by atoms with Crippen LogP contribution in [0.4, 0.5) is 4.79 Å². The predicted octanol–water partition coefficient (Wildman–Crippen LogP) is 2.52. The zero-order valence-electron chi connectivity index (χ0n) is 11.0. The summed E-state index contributed by atoms with van der Waals surface area (Å²) < 4.78 is 0. The molecular weight excluding hydrogens is 296 g/mol. The molecule has 102 valence electrons. The Hall–Kier alpha value is -0.580. The number of alkyl halides is 1. The smallest absolute Gasteiger partial charge is 0.323 e. The normalized spacial score (nSPS) is 24.1. The van der Waals surface area contributed by atoms with Crippen molar-refractivity contribution in [2.24, 2.45) is 11.8 Å². The molecule has 0 aromatic heterocycles. The van der Waals surface area contributed by atoms with E-state index in [1.807, 2.05) is 0 Å². The molecule has 1 saturated heterocycles. The Bertz CT molecular complexity index is 351. The van der Waals surface area contributed by atoms with Crippen molar-refractivity contribution in [3.63, 3.8) is 0 Å². The fourth-order valence-corrected chi connectivity index (χ4v) is 3.78. The van der Waals surface area contributed by atoms with Gasteiger partial charge in [0.05, 0.1) is 0 Å². The molecule has 2 fully saturated rings. The number of rotatable bonds is 4. The van der Waals surface area contributed by atoms with Gasteiger partial charge in [-0.05, 0) is 24.7 Å². The van der Waals surface area contributed by atoms with Crippen LogP contribution < -0.4 is 5.32 Å².